The summed E-state index contributed by atoms with van der Waals surface area (Å²) in [6.07, 6.45) is 6.98. The number of alkyl carbamates (subject to hydrolysis) is 1. The first kappa shape index (κ1) is 97.8. The highest BCUT2D eigenvalue weighted by atomic mass is 16.6. The number of carbonyl (C=O) groups is 9. The average molecular weight is 1500 g/mol. The first-order valence-corrected chi connectivity index (χ1v) is 37.4. The van der Waals surface area contributed by atoms with Gasteiger partial charge in [0.1, 0.15) is 62.5 Å². The number of hydrogen-bond acceptors (Lipinski definition) is 23. The smallest absolute Gasteiger partial charge is 0.407 e. The third-order valence-electron chi connectivity index (χ3n) is 17.7. The Labute approximate surface area is 634 Å². The van der Waals surface area contributed by atoms with Crippen LogP contribution in [0.15, 0.2) is 0 Å². The fourth-order valence-electron chi connectivity index (χ4n) is 15.2. The molecule has 8 atom stereocenters. The third kappa shape index (κ3) is 35.8. The Morgan fingerprint density at radius 1 is 0.381 bits per heavy atom. The van der Waals surface area contributed by atoms with Gasteiger partial charge in [-0.1, -0.05) is 27.7 Å². The maximum atomic E-state index is 13.9. The number of fused-ring (bicyclic) bond motifs is 2. The summed E-state index contributed by atoms with van der Waals surface area (Å²) in [6, 6.07) is -0.366. The van der Waals surface area contributed by atoms with Crippen molar-refractivity contribution in [3.8, 4) is 0 Å². The van der Waals surface area contributed by atoms with E-state index in [2.05, 4.69) is 22.2 Å². The van der Waals surface area contributed by atoms with Crippen molar-refractivity contribution in [2.45, 2.75) is 352 Å². The highest BCUT2D eigenvalue weighted by Crippen LogP contribution is 2.42. The van der Waals surface area contributed by atoms with Crippen LogP contribution in [0.3, 0.4) is 0 Å². The number of nitrogens with two attached hydrogens (primary N) is 1. The van der Waals surface area contributed by atoms with Crippen LogP contribution >= 0.6 is 0 Å². The number of rotatable bonds is 23. The van der Waals surface area contributed by atoms with Gasteiger partial charge in [-0.3, -0.25) is 48.4 Å². The van der Waals surface area contributed by atoms with Crippen LogP contribution in [0.1, 0.15) is 266 Å². The van der Waals surface area contributed by atoms with E-state index in [9.17, 15) is 43.2 Å². The van der Waals surface area contributed by atoms with Crippen LogP contribution in [-0.4, -0.2) is 274 Å². The molecule has 2 saturated carbocycles. The number of likely N-dealkylation sites (N-methyl/N-ethyl adjacent to an activating group) is 2. The minimum absolute atomic E-state index is 0. The molecular formula is C79H150N8O18+2. The Balaban J connectivity index is 0.00000104. The first-order valence-electron chi connectivity index (χ1n) is 37.4. The lowest BCUT2D eigenvalue weighted by atomic mass is 9.86. The van der Waals surface area contributed by atoms with Crippen molar-refractivity contribution in [2.75, 3.05) is 106 Å². The van der Waals surface area contributed by atoms with Gasteiger partial charge in [-0.15, -0.1) is 0 Å². The van der Waals surface area contributed by atoms with Gasteiger partial charge < -0.3 is 62.6 Å². The van der Waals surface area contributed by atoms with E-state index in [1.165, 1.54) is 0 Å². The number of hydrogen-bond donors (Lipinski definition) is 2. The molecule has 0 aromatic carbocycles. The standard InChI is InChI=1S/C41H74N4O10.C36H67N4O8.2CH4/c1-36(2,3)51-31(46)23-43-27-41(21-22-42-35(50)55-40(13,14)15,44(24-32(47)52-37(4,5)6)25-33(48)53-38(7,8)9)28-45(16,26-34(49)54-39(10,11)12)30-20-18-17-19-29(30)43;1-32(2,3)45-28(41)20-38-24-36(18-19-37,39(21-29(42)46-33(4,5)6)22-30(43)47-34(7,8)9)25-40(13,23-31(44)48-35(10,11)12)27-17-15-14-16-26(27)38;;/h29-30H,17-28H2,1-16H3;26-27H,14-25,37H2,1-13H3;2*1H4/q;+1;;/p+1/t29-,30-,41?,45?;26-,27-,36?,40?;;/m11../s1. The molecule has 26 heteroatoms. The van der Waals surface area contributed by atoms with Gasteiger partial charge in [-0.2, -0.15) is 0 Å². The molecule has 4 rings (SSSR count). The average Bonchev–Trinajstić information content (AvgIpc) is 1.63. The quantitative estimate of drug-likeness (QED) is 0.0546. The van der Waals surface area contributed by atoms with E-state index in [4.69, 9.17) is 48.4 Å². The van der Waals surface area contributed by atoms with Crippen molar-refractivity contribution in [3.63, 3.8) is 0 Å². The first-order chi connectivity index (χ1) is 46.4. The molecule has 612 valence electrons. The van der Waals surface area contributed by atoms with Gasteiger partial charge in [0.15, 0.2) is 13.1 Å². The topological polar surface area (TPSA) is 288 Å². The van der Waals surface area contributed by atoms with Crippen LogP contribution in [0.5, 0.6) is 0 Å². The normalized spacial score (nSPS) is 24.5. The summed E-state index contributed by atoms with van der Waals surface area (Å²) in [5, 5.41) is 2.89. The molecule has 0 aromatic heterocycles. The maximum Gasteiger partial charge on any atom is 0.407 e. The largest absolute Gasteiger partial charge is 0.459 e. The lowest BCUT2D eigenvalue weighted by Gasteiger charge is -2.50. The Kier molecular flexibility index (Phi) is 35.3. The van der Waals surface area contributed by atoms with Crippen LogP contribution in [0.2, 0.25) is 0 Å². The third-order valence-corrected chi connectivity index (χ3v) is 17.7. The monoisotopic (exact) mass is 1500 g/mol. The Morgan fingerprint density at radius 3 is 0.895 bits per heavy atom. The van der Waals surface area contributed by atoms with Crippen molar-refractivity contribution in [1.82, 2.24) is 24.9 Å². The van der Waals surface area contributed by atoms with Gasteiger partial charge in [0.05, 0.1) is 89.6 Å². The van der Waals surface area contributed by atoms with Gasteiger partial charge in [0, 0.05) is 32.5 Å². The fourth-order valence-corrected chi connectivity index (χ4v) is 15.2. The van der Waals surface area contributed by atoms with Gasteiger partial charge >= 0.3 is 53.8 Å². The lowest BCUT2D eigenvalue weighted by molar-refractivity contribution is -0.932. The van der Waals surface area contributed by atoms with Gasteiger partial charge in [0.2, 0.25) is 0 Å². The van der Waals surface area contributed by atoms with E-state index in [1.807, 2.05) is 95.0 Å². The van der Waals surface area contributed by atoms with Crippen LogP contribution in [0.25, 0.3) is 0 Å². The van der Waals surface area contributed by atoms with E-state index in [0.29, 0.717) is 24.0 Å². The lowest BCUT2D eigenvalue weighted by Crippen LogP contribution is -2.68. The minimum Gasteiger partial charge on any atom is -0.459 e. The number of nitrogens with zero attached hydrogens (tertiary/aromatic N) is 6. The molecule has 4 unspecified atom stereocenters. The SMILES string of the molecule is C.C.CC(C)(C)OC(=O)CN1CC(CCN)(N(CC(=O)OC(C)(C)C)CC(=O)OC(C)(C)C)C[N+](C)(CC(=O)OC(C)(C)C)[C@@H]2CCCC[C@H]21.CC(C)(C)OC(=O)CN1CC(CCNC(=O)OC(C)(C)C)(N(CC(=O)OC(C)(C)C)CC(=O)OC(C)(C)C)C[N+](C)(CC(=O)OC(C)(C)C)[C@@H]2CCCC[C@H]21. The second kappa shape index (κ2) is 37.9. The molecule has 26 nitrogen and oxygen atoms in total. The van der Waals surface area contributed by atoms with Gasteiger partial charge in [-0.25, -0.2) is 14.4 Å². The van der Waals surface area contributed by atoms with Crippen molar-refractivity contribution in [1.29, 1.82) is 0 Å². The Bertz CT molecular complexity index is 2800. The number of esters is 8. The predicted molar refractivity (Wildman–Crippen MR) is 408 cm³/mol. The molecule has 0 aromatic rings. The van der Waals surface area contributed by atoms with Crippen molar-refractivity contribution in [3.05, 3.63) is 0 Å². The molecule has 0 spiro atoms. The number of amides is 1. The minimum atomic E-state index is -1.13. The van der Waals surface area contributed by atoms with E-state index in [-0.39, 0.29) is 146 Å². The van der Waals surface area contributed by atoms with Crippen LogP contribution in [0, 0.1) is 0 Å². The molecule has 4 aliphatic rings. The van der Waals surface area contributed by atoms with E-state index >= 15 is 0 Å². The van der Waals surface area contributed by atoms with Crippen LogP contribution in [0.4, 0.5) is 4.79 Å². The second-order valence-corrected chi connectivity index (χ2v) is 38.8. The summed E-state index contributed by atoms with van der Waals surface area (Å²) in [5.74, 6) is -3.59. The highest BCUT2D eigenvalue weighted by molar-refractivity contribution is 5.77. The summed E-state index contributed by atoms with van der Waals surface area (Å²) in [6.45, 7) is 49.3. The zero-order chi connectivity index (χ0) is 79.4. The summed E-state index contributed by atoms with van der Waals surface area (Å²) in [4.78, 5) is 130. The molecule has 2 aliphatic carbocycles. The summed E-state index contributed by atoms with van der Waals surface area (Å²) >= 11 is 0. The molecule has 2 heterocycles. The zero-order valence-corrected chi connectivity index (χ0v) is 69.4. The van der Waals surface area contributed by atoms with E-state index < -0.39 is 97.4 Å². The number of nitrogens with one attached hydrogen (secondary N) is 1. The molecule has 0 radical (unpaired) electrons. The zero-order valence-electron chi connectivity index (χ0n) is 69.4. The van der Waals surface area contributed by atoms with E-state index in [0.717, 1.165) is 51.4 Å². The van der Waals surface area contributed by atoms with Gasteiger partial charge in [-0.05, 0) is 232 Å². The van der Waals surface area contributed by atoms with Crippen molar-refractivity contribution in [2.24, 2.45) is 5.73 Å². The molecule has 4 fully saturated rings. The summed E-state index contributed by atoms with van der Waals surface area (Å²) in [7, 11) is 4.09. The van der Waals surface area contributed by atoms with Crippen LogP contribution in [-0.2, 0) is 81.0 Å². The molecule has 105 heavy (non-hydrogen) atoms. The Hall–Kier alpha value is -5.25. The molecule has 1 amide bonds. The number of quaternary nitrogens is 2. The van der Waals surface area contributed by atoms with Gasteiger partial charge in [0.25, 0.3) is 0 Å². The molecule has 2 saturated heterocycles. The number of carbonyl (C=O) groups excluding carboxylic acids is 9. The molecule has 3 N–H and O–H groups in total. The number of ether oxygens (including phenoxy) is 9. The maximum absolute atomic E-state index is 13.9. The molecule has 0 bridgehead atoms. The molecular weight excluding hydrogens is 1350 g/mol. The summed E-state index contributed by atoms with van der Waals surface area (Å²) in [5.41, 5.74) is -2.39. The van der Waals surface area contributed by atoms with Crippen molar-refractivity contribution >= 4 is 53.8 Å². The second-order valence-electron chi connectivity index (χ2n) is 38.8. The van der Waals surface area contributed by atoms with E-state index in [1.54, 1.807) is 109 Å². The van der Waals surface area contributed by atoms with Crippen molar-refractivity contribution < 1.29 is 94.7 Å². The Morgan fingerprint density at radius 2 is 0.629 bits per heavy atom. The van der Waals surface area contributed by atoms with Crippen LogP contribution < -0.4 is 11.1 Å². The summed E-state index contributed by atoms with van der Waals surface area (Å²) < 4.78 is 52.8. The highest BCUT2D eigenvalue weighted by Gasteiger charge is 2.59. The predicted octanol–water partition coefficient (Wildman–Crippen LogP) is 10.5. The molecule has 2 aliphatic heterocycles. The fraction of sp³-hybridized carbons (Fsp3) is 0.886.